The summed E-state index contributed by atoms with van der Waals surface area (Å²) in [7, 11) is -3.61. The van der Waals surface area contributed by atoms with Crippen molar-refractivity contribution in [3.8, 4) is 0 Å². The summed E-state index contributed by atoms with van der Waals surface area (Å²) < 4.78 is 32.2. The maximum atomic E-state index is 13.1. The molecule has 0 aromatic carbocycles. The second-order valence-corrected chi connectivity index (χ2v) is 9.68. The highest BCUT2D eigenvalue weighted by Gasteiger charge is 2.33. The number of amides is 1. The van der Waals surface area contributed by atoms with Crippen molar-refractivity contribution in [1.82, 2.24) is 14.2 Å². The van der Waals surface area contributed by atoms with Gasteiger partial charge in [0.15, 0.2) is 0 Å². The van der Waals surface area contributed by atoms with Crippen molar-refractivity contribution in [2.24, 2.45) is 0 Å². The van der Waals surface area contributed by atoms with Gasteiger partial charge < -0.3 is 14.6 Å². The molecule has 1 amide bonds. The van der Waals surface area contributed by atoms with E-state index in [-0.39, 0.29) is 16.8 Å². The first kappa shape index (κ1) is 18.7. The number of fused-ring (bicyclic) bond motifs is 1. The molecule has 4 heterocycles. The van der Waals surface area contributed by atoms with Gasteiger partial charge in [0.2, 0.25) is 10.0 Å². The first-order valence-electron chi connectivity index (χ1n) is 9.16. The highest BCUT2D eigenvalue weighted by Crippen LogP contribution is 2.36. The fourth-order valence-corrected chi connectivity index (χ4v) is 6.15. The Bertz CT molecular complexity index is 928. The molecule has 9 heteroatoms. The van der Waals surface area contributed by atoms with Crippen LogP contribution in [0.25, 0.3) is 0 Å². The number of rotatable bonds is 4. The number of nitrogens with zero attached hydrogens (tertiary/aromatic N) is 2. The van der Waals surface area contributed by atoms with Crippen LogP contribution in [0, 0.1) is 0 Å². The van der Waals surface area contributed by atoms with E-state index in [2.05, 4.69) is 23.4 Å². The Morgan fingerprint density at radius 1 is 1.33 bits per heavy atom. The molecule has 2 aliphatic heterocycles. The lowest BCUT2D eigenvalue weighted by atomic mass is 9.97. The molecule has 27 heavy (non-hydrogen) atoms. The Hall–Kier alpha value is -1.68. The number of hydrogen-bond donors (Lipinski definition) is 1. The molecule has 7 nitrogen and oxygen atoms in total. The van der Waals surface area contributed by atoms with E-state index in [1.54, 1.807) is 11.3 Å². The second-order valence-electron chi connectivity index (χ2n) is 6.74. The molecule has 1 N–H and O–H groups in total. The number of hydrogen-bond acceptors (Lipinski definition) is 5. The van der Waals surface area contributed by atoms with E-state index in [0.717, 1.165) is 12.8 Å². The molecule has 1 saturated heterocycles. The molecule has 146 valence electrons. The zero-order valence-electron chi connectivity index (χ0n) is 15.2. The number of H-pyrrole nitrogens is 1. The smallest absolute Gasteiger partial charge is 0.270 e. The van der Waals surface area contributed by atoms with E-state index in [9.17, 15) is 13.2 Å². The van der Waals surface area contributed by atoms with Crippen LogP contribution < -0.4 is 0 Å². The van der Waals surface area contributed by atoms with Crippen LogP contribution in [0.15, 0.2) is 28.6 Å². The van der Waals surface area contributed by atoms with Crippen molar-refractivity contribution in [3.63, 3.8) is 0 Å². The molecule has 0 radical (unpaired) electrons. The molecule has 0 bridgehead atoms. The van der Waals surface area contributed by atoms with Gasteiger partial charge in [0.25, 0.3) is 5.91 Å². The maximum Gasteiger partial charge on any atom is 0.270 e. The van der Waals surface area contributed by atoms with E-state index in [1.165, 1.54) is 27.0 Å². The largest absolute Gasteiger partial charge is 0.379 e. The van der Waals surface area contributed by atoms with Crippen molar-refractivity contribution in [3.05, 3.63) is 39.8 Å². The average molecular weight is 410 g/mol. The topological polar surface area (TPSA) is 82.7 Å². The number of aromatic nitrogens is 1. The molecule has 1 fully saturated rings. The first-order valence-corrected chi connectivity index (χ1v) is 11.5. The van der Waals surface area contributed by atoms with Gasteiger partial charge in [0.05, 0.1) is 19.3 Å². The Morgan fingerprint density at radius 3 is 2.85 bits per heavy atom. The van der Waals surface area contributed by atoms with Gasteiger partial charge in [-0.1, -0.05) is 6.92 Å². The molecule has 0 aliphatic carbocycles. The highest BCUT2D eigenvalue weighted by atomic mass is 32.2. The Balaban J connectivity index is 1.57. The normalized spacial score (nSPS) is 21.2. The Kier molecular flexibility index (Phi) is 5.11. The number of carbonyl (C=O) groups is 1. The standard InChI is InChI=1S/C18H23N3O4S2/c1-2-16-14-4-10-26-17(14)3-5-21(16)18(22)15-11-13(12-19-15)27(23,24)20-6-8-25-9-7-20/h4,10-12,16,19H,2-3,5-9H2,1H3. The van der Waals surface area contributed by atoms with Gasteiger partial charge in [0, 0.05) is 30.7 Å². The van der Waals surface area contributed by atoms with Gasteiger partial charge >= 0.3 is 0 Å². The monoisotopic (exact) mass is 409 g/mol. The summed E-state index contributed by atoms with van der Waals surface area (Å²) in [6.45, 7) is 4.18. The number of thiophene rings is 1. The Labute approximate surface area is 163 Å². The van der Waals surface area contributed by atoms with Crippen LogP contribution in [0.3, 0.4) is 0 Å². The lowest BCUT2D eigenvalue weighted by Crippen LogP contribution is -2.40. The second kappa shape index (κ2) is 7.38. The first-order chi connectivity index (χ1) is 13.0. The molecule has 2 aromatic heterocycles. The predicted molar refractivity (Wildman–Crippen MR) is 102 cm³/mol. The zero-order valence-corrected chi connectivity index (χ0v) is 16.8. The van der Waals surface area contributed by atoms with E-state index >= 15 is 0 Å². The van der Waals surface area contributed by atoms with Crippen LogP contribution >= 0.6 is 11.3 Å². The lowest BCUT2D eigenvalue weighted by Gasteiger charge is -2.35. The summed E-state index contributed by atoms with van der Waals surface area (Å²) in [4.78, 5) is 19.3. The number of ether oxygens (including phenoxy) is 1. The molecule has 2 aliphatic rings. The minimum atomic E-state index is -3.61. The molecule has 0 spiro atoms. The Morgan fingerprint density at radius 2 is 2.11 bits per heavy atom. The number of carbonyl (C=O) groups excluding carboxylic acids is 1. The van der Waals surface area contributed by atoms with Crippen LogP contribution in [0.5, 0.6) is 0 Å². The summed E-state index contributed by atoms with van der Waals surface area (Å²) >= 11 is 1.74. The van der Waals surface area contributed by atoms with Gasteiger partial charge in [-0.15, -0.1) is 11.3 Å². The lowest BCUT2D eigenvalue weighted by molar-refractivity contribution is 0.0652. The number of nitrogens with one attached hydrogen (secondary N) is 1. The number of morpholine rings is 1. The summed E-state index contributed by atoms with van der Waals surface area (Å²) in [5, 5.41) is 2.07. The van der Waals surface area contributed by atoms with Crippen molar-refractivity contribution < 1.29 is 17.9 Å². The van der Waals surface area contributed by atoms with Gasteiger partial charge in [-0.2, -0.15) is 4.31 Å². The summed E-state index contributed by atoms with van der Waals surface area (Å²) in [5.41, 5.74) is 1.54. The summed E-state index contributed by atoms with van der Waals surface area (Å²) in [6, 6.07) is 3.59. The van der Waals surface area contributed by atoms with E-state index in [0.29, 0.717) is 38.5 Å². The SMILES string of the molecule is CCC1c2ccsc2CCN1C(=O)c1cc(S(=O)(=O)N2CCOCC2)c[nH]1. The molecule has 0 saturated carbocycles. The fourth-order valence-electron chi connectivity index (χ4n) is 3.82. The highest BCUT2D eigenvalue weighted by molar-refractivity contribution is 7.89. The third kappa shape index (κ3) is 3.33. The van der Waals surface area contributed by atoms with E-state index < -0.39 is 10.0 Å². The van der Waals surface area contributed by atoms with Crippen LogP contribution in [0.2, 0.25) is 0 Å². The van der Waals surface area contributed by atoms with Gasteiger partial charge in [-0.05, 0) is 35.9 Å². The van der Waals surface area contributed by atoms with Crippen LogP contribution in [0.1, 0.15) is 40.3 Å². The molecular weight excluding hydrogens is 386 g/mol. The summed E-state index contributed by atoms with van der Waals surface area (Å²) in [5.74, 6) is -0.151. The van der Waals surface area contributed by atoms with Crippen LogP contribution in [0.4, 0.5) is 0 Å². The quantitative estimate of drug-likeness (QED) is 0.840. The third-order valence-corrected chi connectivity index (χ3v) is 8.11. The van der Waals surface area contributed by atoms with Crippen molar-refractivity contribution in [1.29, 1.82) is 0 Å². The zero-order chi connectivity index (χ0) is 19.0. The predicted octanol–water partition coefficient (Wildman–Crippen LogP) is 2.25. The van der Waals surface area contributed by atoms with Crippen molar-refractivity contribution in [2.45, 2.75) is 30.7 Å². The van der Waals surface area contributed by atoms with Gasteiger partial charge in [-0.3, -0.25) is 4.79 Å². The number of aromatic amines is 1. The minimum absolute atomic E-state index is 0.0371. The maximum absolute atomic E-state index is 13.1. The molecule has 1 unspecified atom stereocenters. The third-order valence-electron chi connectivity index (χ3n) is 5.24. The van der Waals surface area contributed by atoms with Gasteiger partial charge in [0.1, 0.15) is 10.6 Å². The van der Waals surface area contributed by atoms with E-state index in [1.807, 2.05) is 4.90 Å². The van der Waals surface area contributed by atoms with Crippen molar-refractivity contribution >= 4 is 27.3 Å². The van der Waals surface area contributed by atoms with Gasteiger partial charge in [-0.25, -0.2) is 8.42 Å². The molecule has 2 aromatic rings. The molecule has 1 atom stereocenters. The van der Waals surface area contributed by atoms with Crippen LogP contribution in [-0.2, 0) is 21.2 Å². The summed E-state index contributed by atoms with van der Waals surface area (Å²) in [6.07, 6.45) is 3.09. The fraction of sp³-hybridized carbons (Fsp3) is 0.500. The van der Waals surface area contributed by atoms with Crippen LogP contribution in [-0.4, -0.2) is 61.4 Å². The van der Waals surface area contributed by atoms with Crippen molar-refractivity contribution in [2.75, 3.05) is 32.8 Å². The average Bonchev–Trinajstić information content (AvgIpc) is 3.37. The number of sulfonamides is 1. The molecule has 4 rings (SSSR count). The molecular formula is C18H23N3O4S2. The minimum Gasteiger partial charge on any atom is -0.379 e. The van der Waals surface area contributed by atoms with E-state index in [4.69, 9.17) is 4.74 Å².